The third kappa shape index (κ3) is 2.29. The van der Waals surface area contributed by atoms with Crippen LogP contribution in [0.25, 0.3) is 0 Å². The van der Waals surface area contributed by atoms with Gasteiger partial charge in [0, 0.05) is 12.5 Å². The number of fused-ring (bicyclic) bond motifs is 1. The zero-order valence-electron chi connectivity index (χ0n) is 10.3. The van der Waals surface area contributed by atoms with Crippen LogP contribution in [0.5, 0.6) is 0 Å². The Balaban J connectivity index is 1.60. The van der Waals surface area contributed by atoms with Crippen molar-refractivity contribution in [2.45, 2.75) is 12.3 Å². The lowest BCUT2D eigenvalue weighted by Gasteiger charge is -2.30. The standard InChI is InChI=1S/C15H14N2O2/c18-15(19)14-6-5-12(9-17-14)16-8-11-7-10-3-1-2-4-13(10)11/h1-6,9,11,16H,7-8H2,(H,18,19). The molecule has 0 bridgehead atoms. The van der Waals surface area contributed by atoms with E-state index in [4.69, 9.17) is 5.11 Å². The summed E-state index contributed by atoms with van der Waals surface area (Å²) in [5.74, 6) is -0.463. The molecule has 0 aliphatic heterocycles. The minimum Gasteiger partial charge on any atom is -0.477 e. The molecule has 1 aromatic heterocycles. The van der Waals surface area contributed by atoms with Gasteiger partial charge in [-0.25, -0.2) is 9.78 Å². The summed E-state index contributed by atoms with van der Waals surface area (Å²) in [7, 11) is 0. The number of benzene rings is 1. The largest absolute Gasteiger partial charge is 0.477 e. The van der Waals surface area contributed by atoms with Crippen LogP contribution in [-0.4, -0.2) is 22.6 Å². The summed E-state index contributed by atoms with van der Waals surface area (Å²) < 4.78 is 0. The molecule has 1 atom stereocenters. The Morgan fingerprint density at radius 3 is 2.84 bits per heavy atom. The van der Waals surface area contributed by atoms with E-state index in [1.54, 1.807) is 12.3 Å². The number of aromatic carboxylic acids is 1. The maximum atomic E-state index is 10.7. The van der Waals surface area contributed by atoms with Gasteiger partial charge in [-0.2, -0.15) is 0 Å². The summed E-state index contributed by atoms with van der Waals surface area (Å²) in [6.45, 7) is 0.852. The molecule has 0 radical (unpaired) electrons. The van der Waals surface area contributed by atoms with Crippen molar-refractivity contribution in [2.24, 2.45) is 0 Å². The Labute approximate surface area is 111 Å². The second-order valence-corrected chi connectivity index (χ2v) is 4.72. The summed E-state index contributed by atoms with van der Waals surface area (Å²) in [6, 6.07) is 11.7. The van der Waals surface area contributed by atoms with E-state index in [-0.39, 0.29) is 5.69 Å². The number of anilines is 1. The number of nitrogens with one attached hydrogen (secondary N) is 1. The minimum atomic E-state index is -1.00. The second kappa shape index (κ2) is 4.72. The Bertz CT molecular complexity index is 608. The molecule has 4 heteroatoms. The molecule has 1 aromatic carbocycles. The Hall–Kier alpha value is -2.36. The zero-order valence-corrected chi connectivity index (χ0v) is 10.3. The van der Waals surface area contributed by atoms with Crippen LogP contribution in [-0.2, 0) is 6.42 Å². The number of pyridine rings is 1. The molecule has 1 heterocycles. The van der Waals surface area contributed by atoms with Crippen LogP contribution < -0.4 is 5.32 Å². The molecule has 0 amide bonds. The molecule has 3 rings (SSSR count). The van der Waals surface area contributed by atoms with Crippen molar-refractivity contribution >= 4 is 11.7 Å². The molecule has 0 spiro atoms. The van der Waals surface area contributed by atoms with E-state index in [2.05, 4.69) is 34.6 Å². The summed E-state index contributed by atoms with van der Waals surface area (Å²) in [5, 5.41) is 12.1. The third-order valence-corrected chi connectivity index (χ3v) is 3.50. The van der Waals surface area contributed by atoms with E-state index in [0.29, 0.717) is 5.92 Å². The van der Waals surface area contributed by atoms with Gasteiger partial charge >= 0.3 is 5.97 Å². The van der Waals surface area contributed by atoms with Crippen molar-refractivity contribution < 1.29 is 9.90 Å². The number of hydrogen-bond donors (Lipinski definition) is 2. The molecule has 2 aromatic rings. The molecule has 19 heavy (non-hydrogen) atoms. The molecular weight excluding hydrogens is 240 g/mol. The van der Waals surface area contributed by atoms with E-state index in [0.717, 1.165) is 18.7 Å². The van der Waals surface area contributed by atoms with Crippen LogP contribution >= 0.6 is 0 Å². The van der Waals surface area contributed by atoms with Gasteiger partial charge in [-0.1, -0.05) is 24.3 Å². The maximum Gasteiger partial charge on any atom is 0.354 e. The first-order valence-electron chi connectivity index (χ1n) is 6.25. The Morgan fingerprint density at radius 2 is 2.16 bits per heavy atom. The van der Waals surface area contributed by atoms with Crippen molar-refractivity contribution in [2.75, 3.05) is 11.9 Å². The SMILES string of the molecule is O=C(O)c1ccc(NCC2Cc3ccccc32)cn1. The van der Waals surface area contributed by atoms with Gasteiger partial charge < -0.3 is 10.4 Å². The monoisotopic (exact) mass is 254 g/mol. The van der Waals surface area contributed by atoms with Gasteiger partial charge in [0.2, 0.25) is 0 Å². The smallest absolute Gasteiger partial charge is 0.354 e. The first-order chi connectivity index (χ1) is 9.24. The van der Waals surface area contributed by atoms with E-state index >= 15 is 0 Å². The van der Waals surface area contributed by atoms with Gasteiger partial charge in [0.15, 0.2) is 0 Å². The highest BCUT2D eigenvalue weighted by Gasteiger charge is 2.24. The number of rotatable bonds is 4. The number of carbonyl (C=O) groups is 1. The zero-order chi connectivity index (χ0) is 13.2. The van der Waals surface area contributed by atoms with Crippen LogP contribution in [0.15, 0.2) is 42.6 Å². The van der Waals surface area contributed by atoms with Crippen LogP contribution in [0.3, 0.4) is 0 Å². The fraction of sp³-hybridized carbons (Fsp3) is 0.200. The number of hydrogen-bond acceptors (Lipinski definition) is 3. The van der Waals surface area contributed by atoms with Crippen LogP contribution in [0.1, 0.15) is 27.5 Å². The van der Waals surface area contributed by atoms with E-state index in [1.165, 1.54) is 17.2 Å². The molecule has 0 fully saturated rings. The van der Waals surface area contributed by atoms with Gasteiger partial charge in [-0.15, -0.1) is 0 Å². The lowest BCUT2D eigenvalue weighted by molar-refractivity contribution is 0.0690. The normalized spacial score (nSPS) is 16.3. The van der Waals surface area contributed by atoms with Crippen molar-refractivity contribution in [3.8, 4) is 0 Å². The van der Waals surface area contributed by atoms with Gasteiger partial charge in [0.05, 0.1) is 11.9 Å². The van der Waals surface area contributed by atoms with Gasteiger partial charge in [-0.05, 0) is 29.7 Å². The highest BCUT2D eigenvalue weighted by atomic mass is 16.4. The molecule has 2 N–H and O–H groups in total. The first kappa shape index (κ1) is 11.7. The summed E-state index contributed by atoms with van der Waals surface area (Å²) in [5.41, 5.74) is 3.76. The minimum absolute atomic E-state index is 0.0690. The van der Waals surface area contributed by atoms with E-state index in [1.807, 2.05) is 0 Å². The van der Waals surface area contributed by atoms with Crippen molar-refractivity contribution in [3.05, 3.63) is 59.4 Å². The predicted molar refractivity (Wildman–Crippen MR) is 72.6 cm³/mol. The third-order valence-electron chi connectivity index (χ3n) is 3.50. The average Bonchev–Trinajstić information content (AvgIpc) is 2.40. The number of nitrogens with zero attached hydrogens (tertiary/aromatic N) is 1. The first-order valence-corrected chi connectivity index (χ1v) is 6.25. The van der Waals surface area contributed by atoms with Crippen LogP contribution in [0.2, 0.25) is 0 Å². The molecule has 0 saturated carbocycles. The molecule has 1 unspecified atom stereocenters. The van der Waals surface area contributed by atoms with Crippen molar-refractivity contribution in [3.63, 3.8) is 0 Å². The van der Waals surface area contributed by atoms with Gasteiger partial charge in [0.1, 0.15) is 5.69 Å². The fourth-order valence-electron chi connectivity index (χ4n) is 2.41. The van der Waals surface area contributed by atoms with Crippen LogP contribution in [0, 0.1) is 0 Å². The average molecular weight is 254 g/mol. The van der Waals surface area contributed by atoms with Gasteiger partial charge in [0.25, 0.3) is 0 Å². The summed E-state index contributed by atoms with van der Waals surface area (Å²) in [4.78, 5) is 14.6. The molecular formula is C15H14N2O2. The fourth-order valence-corrected chi connectivity index (χ4v) is 2.41. The second-order valence-electron chi connectivity index (χ2n) is 4.72. The molecule has 4 nitrogen and oxygen atoms in total. The van der Waals surface area contributed by atoms with Crippen molar-refractivity contribution in [1.82, 2.24) is 4.98 Å². The number of aromatic nitrogens is 1. The Morgan fingerprint density at radius 1 is 1.32 bits per heavy atom. The van der Waals surface area contributed by atoms with Crippen molar-refractivity contribution in [1.29, 1.82) is 0 Å². The summed E-state index contributed by atoms with van der Waals surface area (Å²) in [6.07, 6.45) is 2.66. The highest BCUT2D eigenvalue weighted by Crippen LogP contribution is 2.34. The predicted octanol–water partition coefficient (Wildman–Crippen LogP) is 2.53. The highest BCUT2D eigenvalue weighted by molar-refractivity contribution is 5.85. The van der Waals surface area contributed by atoms with E-state index in [9.17, 15) is 4.79 Å². The quantitative estimate of drug-likeness (QED) is 0.880. The molecule has 1 aliphatic carbocycles. The molecule has 0 saturated heterocycles. The van der Waals surface area contributed by atoms with Crippen LogP contribution in [0.4, 0.5) is 5.69 Å². The lowest BCUT2D eigenvalue weighted by Crippen LogP contribution is -2.24. The topological polar surface area (TPSA) is 62.2 Å². The van der Waals surface area contributed by atoms with E-state index < -0.39 is 5.97 Å². The summed E-state index contributed by atoms with van der Waals surface area (Å²) >= 11 is 0. The Kier molecular flexibility index (Phi) is 2.91. The molecule has 1 aliphatic rings. The lowest BCUT2D eigenvalue weighted by atomic mass is 9.77. The molecule has 96 valence electrons. The number of carboxylic acids is 1. The van der Waals surface area contributed by atoms with Gasteiger partial charge in [-0.3, -0.25) is 0 Å². The maximum absolute atomic E-state index is 10.7. The number of carboxylic acid groups (broad SMARTS) is 1.